The van der Waals surface area contributed by atoms with Gasteiger partial charge < -0.3 is 10.4 Å². The lowest BCUT2D eigenvalue weighted by atomic mass is 9.47. The lowest BCUT2D eigenvalue weighted by Crippen LogP contribution is -2.50. The fourth-order valence-electron chi connectivity index (χ4n) is 8.57. The van der Waals surface area contributed by atoms with Crippen molar-refractivity contribution in [2.45, 2.75) is 111 Å². The van der Waals surface area contributed by atoms with Gasteiger partial charge in [0.25, 0.3) is 0 Å². The fourth-order valence-corrected chi connectivity index (χ4v) is 8.57. The first kappa shape index (κ1) is 22.4. The van der Waals surface area contributed by atoms with E-state index in [0.717, 1.165) is 42.9 Å². The maximum Gasteiger partial charge on any atom is 0.220 e. The normalized spacial score (nSPS) is 44.0. The maximum absolute atomic E-state index is 12.2. The third kappa shape index (κ3) is 3.78. The van der Waals surface area contributed by atoms with E-state index < -0.39 is 0 Å². The van der Waals surface area contributed by atoms with E-state index in [1.54, 1.807) is 5.57 Å². The first-order valence-corrected chi connectivity index (χ1v) is 12.8. The van der Waals surface area contributed by atoms with Crippen molar-refractivity contribution in [1.29, 1.82) is 0 Å². The quantitative estimate of drug-likeness (QED) is 0.552. The Balaban J connectivity index is 1.45. The van der Waals surface area contributed by atoms with E-state index >= 15 is 0 Å². The molecular weight excluding hydrogens is 370 g/mol. The predicted octanol–water partition coefficient (Wildman–Crippen LogP) is 5.87. The molecule has 4 rings (SSSR count). The molecule has 0 radical (unpaired) electrons. The van der Waals surface area contributed by atoms with Gasteiger partial charge in [-0.25, -0.2) is 0 Å². The molecule has 30 heavy (non-hydrogen) atoms. The van der Waals surface area contributed by atoms with E-state index in [0.29, 0.717) is 23.2 Å². The molecule has 0 aliphatic heterocycles. The fraction of sp³-hybridized carbons (Fsp3) is 0.889. The van der Waals surface area contributed by atoms with Crippen LogP contribution >= 0.6 is 0 Å². The van der Waals surface area contributed by atoms with Gasteiger partial charge in [-0.15, -0.1) is 0 Å². The average molecular weight is 416 g/mol. The summed E-state index contributed by atoms with van der Waals surface area (Å²) in [5, 5.41) is 13.3. The smallest absolute Gasteiger partial charge is 0.220 e. The number of nitrogens with one attached hydrogen (secondary N) is 1. The summed E-state index contributed by atoms with van der Waals surface area (Å²) >= 11 is 0. The summed E-state index contributed by atoms with van der Waals surface area (Å²) in [6.45, 7) is 11.6. The molecule has 2 N–H and O–H groups in total. The van der Waals surface area contributed by atoms with E-state index in [-0.39, 0.29) is 18.1 Å². The van der Waals surface area contributed by atoms with Gasteiger partial charge in [0.2, 0.25) is 5.91 Å². The second kappa shape index (κ2) is 8.26. The minimum absolute atomic E-state index is 0.112. The van der Waals surface area contributed by atoms with Crippen LogP contribution in [0.1, 0.15) is 98.8 Å². The molecular formula is C27H45NO2. The molecule has 0 spiro atoms. The number of hydrogen-bond acceptors (Lipinski definition) is 2. The van der Waals surface area contributed by atoms with Gasteiger partial charge >= 0.3 is 0 Å². The highest BCUT2D eigenvalue weighted by Crippen LogP contribution is 2.67. The first-order chi connectivity index (χ1) is 14.1. The maximum atomic E-state index is 12.2. The lowest BCUT2D eigenvalue weighted by Gasteiger charge is -2.58. The zero-order valence-corrected chi connectivity index (χ0v) is 20.0. The molecule has 4 aliphatic rings. The van der Waals surface area contributed by atoms with Crippen molar-refractivity contribution in [3.63, 3.8) is 0 Å². The number of carbonyl (C=O) groups is 1. The van der Waals surface area contributed by atoms with Crippen molar-refractivity contribution in [3.8, 4) is 0 Å². The molecule has 1 amide bonds. The minimum atomic E-state index is -0.112. The van der Waals surface area contributed by atoms with Gasteiger partial charge in [0.05, 0.1) is 6.10 Å². The van der Waals surface area contributed by atoms with Gasteiger partial charge in [0, 0.05) is 12.5 Å². The highest BCUT2D eigenvalue weighted by Gasteiger charge is 2.59. The van der Waals surface area contributed by atoms with Crippen LogP contribution in [0.5, 0.6) is 0 Å². The molecule has 3 nitrogen and oxygen atoms in total. The summed E-state index contributed by atoms with van der Waals surface area (Å²) in [7, 11) is 0. The van der Waals surface area contributed by atoms with Crippen molar-refractivity contribution in [1.82, 2.24) is 5.32 Å². The number of amides is 1. The van der Waals surface area contributed by atoms with Gasteiger partial charge in [0.1, 0.15) is 0 Å². The van der Waals surface area contributed by atoms with E-state index in [9.17, 15) is 9.90 Å². The Labute approximate surface area is 184 Å². The average Bonchev–Trinajstić information content (AvgIpc) is 3.03. The Bertz CT molecular complexity index is 684. The number of aliphatic hydroxyl groups excluding tert-OH is 1. The highest BCUT2D eigenvalue weighted by atomic mass is 16.3. The molecule has 0 saturated heterocycles. The van der Waals surface area contributed by atoms with Crippen LogP contribution in [-0.2, 0) is 4.79 Å². The zero-order valence-electron chi connectivity index (χ0n) is 20.0. The van der Waals surface area contributed by atoms with Crippen LogP contribution < -0.4 is 5.32 Å². The van der Waals surface area contributed by atoms with Crippen molar-refractivity contribution >= 4 is 5.91 Å². The second-order valence-corrected chi connectivity index (χ2v) is 12.1. The summed E-state index contributed by atoms with van der Waals surface area (Å²) in [5.41, 5.74) is 2.36. The molecule has 3 saturated carbocycles. The van der Waals surface area contributed by atoms with Crippen LogP contribution in [0.2, 0.25) is 0 Å². The van der Waals surface area contributed by atoms with Gasteiger partial charge in [0.15, 0.2) is 0 Å². The van der Waals surface area contributed by atoms with E-state index in [1.165, 1.54) is 38.5 Å². The standard InChI is InChI=1S/C27H45NO2/c1-17(2)28-25(30)11-6-18(3)22-9-10-23-21-8-7-19-16-20(29)12-14-26(19,4)24(21)13-15-27(22,23)5/h7,17-18,20-24,29H,6,8-16H2,1-5H3,(H,28,30)/t18-,20+,21+,22-,23+,24+,26+,27-/m1/s1. The first-order valence-electron chi connectivity index (χ1n) is 12.8. The van der Waals surface area contributed by atoms with Crippen LogP contribution in [-0.4, -0.2) is 23.2 Å². The number of allylic oxidation sites excluding steroid dienone is 1. The lowest BCUT2D eigenvalue weighted by molar-refractivity contribution is -0.122. The largest absolute Gasteiger partial charge is 0.393 e. The Hall–Kier alpha value is -0.830. The van der Waals surface area contributed by atoms with Gasteiger partial charge in [-0.1, -0.05) is 32.4 Å². The molecule has 3 fully saturated rings. The number of rotatable bonds is 5. The predicted molar refractivity (Wildman–Crippen MR) is 123 cm³/mol. The van der Waals surface area contributed by atoms with Crippen molar-refractivity contribution < 1.29 is 9.90 Å². The molecule has 0 aromatic heterocycles. The van der Waals surface area contributed by atoms with Crippen LogP contribution in [0.3, 0.4) is 0 Å². The van der Waals surface area contributed by atoms with Crippen molar-refractivity contribution in [2.24, 2.45) is 40.4 Å². The molecule has 0 bridgehead atoms. The van der Waals surface area contributed by atoms with E-state index in [2.05, 4.69) is 32.2 Å². The molecule has 0 heterocycles. The molecule has 4 aliphatic carbocycles. The Kier molecular flexibility index (Phi) is 6.16. The van der Waals surface area contributed by atoms with E-state index in [4.69, 9.17) is 0 Å². The summed E-state index contributed by atoms with van der Waals surface area (Å²) in [6.07, 6.45) is 13.9. The number of aliphatic hydroxyl groups is 1. The van der Waals surface area contributed by atoms with Gasteiger partial charge in [-0.3, -0.25) is 4.79 Å². The monoisotopic (exact) mass is 415 g/mol. The van der Waals surface area contributed by atoms with Crippen LogP contribution in [0.15, 0.2) is 11.6 Å². The third-order valence-electron chi connectivity index (χ3n) is 10.1. The SMILES string of the molecule is CC(C)NC(=O)CC[C@@H](C)[C@H]1CC[C@H]2[C@@H]3CC=C4C[C@@H](O)CC[C@]4(C)[C@H]3CC[C@]12C. The highest BCUT2D eigenvalue weighted by molar-refractivity contribution is 5.76. The Morgan fingerprint density at radius 1 is 1.13 bits per heavy atom. The molecule has 8 atom stereocenters. The number of carbonyl (C=O) groups excluding carboxylic acids is 1. The van der Waals surface area contributed by atoms with Gasteiger partial charge in [-0.2, -0.15) is 0 Å². The molecule has 3 heteroatoms. The van der Waals surface area contributed by atoms with Crippen LogP contribution in [0, 0.1) is 40.4 Å². The Morgan fingerprint density at radius 3 is 2.63 bits per heavy atom. The number of hydrogen-bond donors (Lipinski definition) is 2. The molecule has 0 aromatic rings. The summed E-state index contributed by atoms with van der Waals surface area (Å²) in [6, 6.07) is 0.239. The summed E-state index contributed by atoms with van der Waals surface area (Å²) < 4.78 is 0. The van der Waals surface area contributed by atoms with Crippen LogP contribution in [0.4, 0.5) is 0 Å². The minimum Gasteiger partial charge on any atom is -0.393 e. The summed E-state index contributed by atoms with van der Waals surface area (Å²) in [4.78, 5) is 12.2. The molecule has 0 aromatic carbocycles. The van der Waals surface area contributed by atoms with E-state index in [1.807, 2.05) is 13.8 Å². The third-order valence-corrected chi connectivity index (χ3v) is 10.1. The molecule has 0 unspecified atom stereocenters. The summed E-state index contributed by atoms with van der Waals surface area (Å²) in [5.74, 6) is 4.10. The van der Waals surface area contributed by atoms with Crippen molar-refractivity contribution in [2.75, 3.05) is 0 Å². The topological polar surface area (TPSA) is 49.3 Å². The van der Waals surface area contributed by atoms with Crippen LogP contribution in [0.25, 0.3) is 0 Å². The number of fused-ring (bicyclic) bond motifs is 5. The second-order valence-electron chi connectivity index (χ2n) is 12.1. The zero-order chi connectivity index (χ0) is 21.7. The Morgan fingerprint density at radius 2 is 1.90 bits per heavy atom. The van der Waals surface area contributed by atoms with Gasteiger partial charge in [-0.05, 0) is 112 Å². The molecule has 170 valence electrons. The van der Waals surface area contributed by atoms with Crippen molar-refractivity contribution in [3.05, 3.63) is 11.6 Å².